The lowest BCUT2D eigenvalue weighted by atomic mass is 10.0. The molecule has 0 saturated carbocycles. The highest BCUT2D eigenvalue weighted by molar-refractivity contribution is 4.74. The Morgan fingerprint density at radius 1 is 1.15 bits per heavy atom. The summed E-state index contributed by atoms with van der Waals surface area (Å²) in [5, 5.41) is 3.31. The van der Waals surface area contributed by atoms with Crippen molar-refractivity contribution in [2.24, 2.45) is 0 Å². The minimum atomic E-state index is 0.650. The quantitative estimate of drug-likeness (QED) is 0.717. The summed E-state index contributed by atoms with van der Waals surface area (Å²) in [7, 11) is 2.05. The van der Waals surface area contributed by atoms with E-state index in [9.17, 15) is 0 Å². The van der Waals surface area contributed by atoms with Crippen LogP contribution in [0.2, 0.25) is 0 Å². The molecule has 2 unspecified atom stereocenters. The molecule has 13 heavy (non-hydrogen) atoms. The van der Waals surface area contributed by atoms with Crippen molar-refractivity contribution in [1.82, 2.24) is 10.2 Å². The molecule has 0 radical (unpaired) electrons. The van der Waals surface area contributed by atoms with Crippen LogP contribution in [0.4, 0.5) is 0 Å². The lowest BCUT2D eigenvalue weighted by molar-refractivity contribution is 0.159. The van der Waals surface area contributed by atoms with Gasteiger partial charge in [0.15, 0.2) is 0 Å². The summed E-state index contributed by atoms with van der Waals surface area (Å²) in [5.74, 6) is 0. The molecule has 2 heteroatoms. The van der Waals surface area contributed by atoms with Crippen LogP contribution in [-0.2, 0) is 0 Å². The molecule has 1 rings (SSSR count). The van der Waals surface area contributed by atoms with Gasteiger partial charge < -0.3 is 10.2 Å². The minimum absolute atomic E-state index is 0.650. The summed E-state index contributed by atoms with van der Waals surface area (Å²) in [4.78, 5) is 2.64. The lowest BCUT2D eigenvalue weighted by Gasteiger charge is -2.33. The molecule has 0 spiro atoms. The Balaban J connectivity index is 2.24. The largest absolute Gasteiger partial charge is 0.317 e. The maximum absolute atomic E-state index is 3.31. The highest BCUT2D eigenvalue weighted by Crippen LogP contribution is 2.14. The number of likely N-dealkylation sites (tertiary alicyclic amines) is 1. The van der Waals surface area contributed by atoms with Gasteiger partial charge in [-0.05, 0) is 53.2 Å². The van der Waals surface area contributed by atoms with Crippen molar-refractivity contribution in [2.75, 3.05) is 20.1 Å². The van der Waals surface area contributed by atoms with E-state index in [2.05, 4.69) is 24.1 Å². The molecule has 2 nitrogen and oxygen atoms in total. The topological polar surface area (TPSA) is 15.3 Å². The van der Waals surface area contributed by atoms with Crippen LogP contribution in [0.5, 0.6) is 0 Å². The van der Waals surface area contributed by atoms with Crippen LogP contribution in [0.25, 0.3) is 0 Å². The monoisotopic (exact) mass is 184 g/mol. The first-order valence-electron chi connectivity index (χ1n) is 5.65. The summed E-state index contributed by atoms with van der Waals surface area (Å²) < 4.78 is 0. The smallest absolute Gasteiger partial charge is 0.00816 e. The van der Waals surface area contributed by atoms with Crippen molar-refractivity contribution in [1.29, 1.82) is 0 Å². The Labute approximate surface area is 82.7 Å². The van der Waals surface area contributed by atoms with Gasteiger partial charge in [-0.2, -0.15) is 0 Å². The predicted octanol–water partition coefficient (Wildman–Crippen LogP) is 1.86. The van der Waals surface area contributed by atoms with E-state index in [1.54, 1.807) is 0 Å². The van der Waals surface area contributed by atoms with Crippen molar-refractivity contribution < 1.29 is 0 Å². The van der Waals surface area contributed by atoms with Crippen molar-refractivity contribution in [2.45, 2.75) is 51.6 Å². The van der Waals surface area contributed by atoms with E-state index in [0.29, 0.717) is 6.04 Å². The molecular weight excluding hydrogens is 160 g/mol. The zero-order valence-electron chi connectivity index (χ0n) is 9.34. The molecule has 1 saturated heterocycles. The summed E-state index contributed by atoms with van der Waals surface area (Å²) in [6, 6.07) is 1.40. The van der Waals surface area contributed by atoms with Gasteiger partial charge in [-0.15, -0.1) is 0 Å². The zero-order chi connectivity index (χ0) is 9.68. The van der Waals surface area contributed by atoms with Gasteiger partial charge in [-0.25, -0.2) is 0 Å². The van der Waals surface area contributed by atoms with Gasteiger partial charge in [0.05, 0.1) is 0 Å². The fourth-order valence-electron chi connectivity index (χ4n) is 2.14. The van der Waals surface area contributed by atoms with Crippen LogP contribution in [0, 0.1) is 0 Å². The van der Waals surface area contributed by atoms with Crippen molar-refractivity contribution in [3.8, 4) is 0 Å². The predicted molar refractivity (Wildman–Crippen MR) is 58.0 cm³/mol. The number of piperidine rings is 1. The molecule has 1 N–H and O–H groups in total. The molecule has 0 bridgehead atoms. The molecule has 1 fully saturated rings. The van der Waals surface area contributed by atoms with Gasteiger partial charge in [-0.1, -0.05) is 6.42 Å². The molecule has 1 aliphatic rings. The van der Waals surface area contributed by atoms with E-state index < -0.39 is 0 Å². The molecule has 0 aliphatic carbocycles. The van der Waals surface area contributed by atoms with E-state index in [0.717, 1.165) is 6.04 Å². The van der Waals surface area contributed by atoms with Gasteiger partial charge in [-0.3, -0.25) is 0 Å². The summed E-state index contributed by atoms with van der Waals surface area (Å²) >= 11 is 0. The second kappa shape index (κ2) is 5.61. The van der Waals surface area contributed by atoms with Crippen molar-refractivity contribution in [3.63, 3.8) is 0 Å². The first-order valence-corrected chi connectivity index (χ1v) is 5.65. The van der Waals surface area contributed by atoms with Gasteiger partial charge in [0.2, 0.25) is 0 Å². The van der Waals surface area contributed by atoms with Crippen LogP contribution in [0.3, 0.4) is 0 Å². The number of hydrogen-bond donors (Lipinski definition) is 1. The summed E-state index contributed by atoms with van der Waals surface area (Å²) in [6.07, 6.45) is 5.51. The third-order valence-corrected chi connectivity index (χ3v) is 3.20. The highest BCUT2D eigenvalue weighted by Gasteiger charge is 2.17. The highest BCUT2D eigenvalue weighted by atomic mass is 15.2. The lowest BCUT2D eigenvalue weighted by Crippen LogP contribution is -2.40. The van der Waals surface area contributed by atoms with Gasteiger partial charge in [0.25, 0.3) is 0 Å². The summed E-state index contributed by atoms with van der Waals surface area (Å²) in [6.45, 7) is 7.26. The summed E-state index contributed by atoms with van der Waals surface area (Å²) in [5.41, 5.74) is 0. The van der Waals surface area contributed by atoms with Crippen LogP contribution in [0.1, 0.15) is 39.5 Å². The van der Waals surface area contributed by atoms with Crippen LogP contribution < -0.4 is 5.32 Å². The second-order valence-electron chi connectivity index (χ2n) is 4.37. The van der Waals surface area contributed by atoms with Crippen molar-refractivity contribution in [3.05, 3.63) is 0 Å². The van der Waals surface area contributed by atoms with Gasteiger partial charge in [0, 0.05) is 12.1 Å². The first-order chi connectivity index (χ1) is 6.24. The van der Waals surface area contributed by atoms with E-state index in [4.69, 9.17) is 0 Å². The Hall–Kier alpha value is -0.0800. The third kappa shape index (κ3) is 3.65. The number of nitrogens with one attached hydrogen (secondary N) is 1. The number of nitrogens with zero attached hydrogens (tertiary/aromatic N) is 1. The Morgan fingerprint density at radius 2 is 1.77 bits per heavy atom. The Morgan fingerprint density at radius 3 is 2.31 bits per heavy atom. The number of rotatable bonds is 4. The Bertz CT molecular complexity index is 130. The fraction of sp³-hybridized carbons (Fsp3) is 1.00. The van der Waals surface area contributed by atoms with Gasteiger partial charge in [0.1, 0.15) is 0 Å². The molecule has 0 aromatic heterocycles. The minimum Gasteiger partial charge on any atom is -0.317 e. The molecule has 0 aromatic carbocycles. The van der Waals surface area contributed by atoms with E-state index in [1.165, 1.54) is 38.8 Å². The van der Waals surface area contributed by atoms with E-state index in [-0.39, 0.29) is 0 Å². The molecular formula is C11H24N2. The van der Waals surface area contributed by atoms with Crippen LogP contribution >= 0.6 is 0 Å². The SMILES string of the molecule is CNC(C)CC(C)N1CCCCC1. The van der Waals surface area contributed by atoms with Crippen LogP contribution in [0.15, 0.2) is 0 Å². The normalized spacial score (nSPS) is 24.2. The van der Waals surface area contributed by atoms with Crippen LogP contribution in [-0.4, -0.2) is 37.1 Å². The van der Waals surface area contributed by atoms with Crippen molar-refractivity contribution >= 4 is 0 Å². The van der Waals surface area contributed by atoms with E-state index >= 15 is 0 Å². The molecule has 0 aromatic rings. The molecule has 1 heterocycles. The second-order valence-corrected chi connectivity index (χ2v) is 4.37. The molecule has 2 atom stereocenters. The third-order valence-electron chi connectivity index (χ3n) is 3.20. The molecule has 0 amide bonds. The average Bonchev–Trinajstić information content (AvgIpc) is 2.19. The maximum atomic E-state index is 3.31. The fourth-order valence-corrected chi connectivity index (χ4v) is 2.14. The molecule has 78 valence electrons. The first kappa shape index (κ1) is 11.0. The average molecular weight is 184 g/mol. The zero-order valence-corrected chi connectivity index (χ0v) is 9.34. The number of hydrogen-bond acceptors (Lipinski definition) is 2. The van der Waals surface area contributed by atoms with Gasteiger partial charge >= 0.3 is 0 Å². The van der Waals surface area contributed by atoms with E-state index in [1.807, 2.05) is 7.05 Å². The maximum Gasteiger partial charge on any atom is 0.00816 e. The Kier molecular flexibility index (Phi) is 4.74. The molecule has 1 aliphatic heterocycles. The standard InChI is InChI=1S/C11H24N2/c1-10(12-3)9-11(2)13-7-5-4-6-8-13/h10-12H,4-9H2,1-3H3.